The Hall–Kier alpha value is -2.40. The zero-order valence-corrected chi connectivity index (χ0v) is 19.9. The van der Waals surface area contributed by atoms with Gasteiger partial charge < -0.3 is 16.4 Å². The fraction of sp³-hybridized carbons (Fsp3) is 0.350. The number of carbonyl (C=O) groups is 2. The molecule has 0 aliphatic heterocycles. The highest BCUT2D eigenvalue weighted by Gasteiger charge is 2.24. The van der Waals surface area contributed by atoms with Crippen LogP contribution in [0.4, 0.5) is 5.82 Å². The third-order valence-corrected chi connectivity index (χ3v) is 5.85. The van der Waals surface area contributed by atoms with Crippen molar-refractivity contribution in [1.29, 1.82) is 0 Å². The third kappa shape index (κ3) is 8.62. The summed E-state index contributed by atoms with van der Waals surface area (Å²) in [5, 5.41) is 8.73. The lowest BCUT2D eigenvalue weighted by Gasteiger charge is -2.21. The molecular weight excluding hydrogens is 477 g/mol. The van der Waals surface area contributed by atoms with Gasteiger partial charge in [-0.3, -0.25) is 14.9 Å². The van der Waals surface area contributed by atoms with E-state index >= 15 is 0 Å². The molecule has 0 unspecified atom stereocenters. The lowest BCUT2D eigenvalue weighted by Crippen LogP contribution is -2.53. The standard InChI is InChI=1S/C20H25Cl2N5O4S/c1-12(26-11-32(2,30)31)19(28)27-17(8-13-3-5-15(21)16(22)7-13)20(29)25-10-14-4-6-18(23)24-9-14/h3-7,9,12,17,26H,8,10-11H2,1-2H3,(H2,23,24)(H,25,29)(H,27,28)/t12-,17+/m1/s1. The number of pyridine rings is 1. The van der Waals surface area contributed by atoms with E-state index in [9.17, 15) is 18.0 Å². The molecule has 0 spiro atoms. The summed E-state index contributed by atoms with van der Waals surface area (Å²) in [5.41, 5.74) is 6.98. The number of hydrogen-bond acceptors (Lipinski definition) is 7. The molecule has 2 aromatic rings. The highest BCUT2D eigenvalue weighted by atomic mass is 35.5. The Bertz CT molecular complexity index is 1060. The van der Waals surface area contributed by atoms with Crippen LogP contribution in [0.5, 0.6) is 0 Å². The van der Waals surface area contributed by atoms with Gasteiger partial charge in [-0.25, -0.2) is 13.4 Å². The van der Waals surface area contributed by atoms with E-state index in [4.69, 9.17) is 28.9 Å². The molecule has 12 heteroatoms. The molecule has 0 saturated heterocycles. The molecule has 174 valence electrons. The Kier molecular flexibility index (Phi) is 9.26. The number of nitrogens with one attached hydrogen (secondary N) is 3. The van der Waals surface area contributed by atoms with Crippen LogP contribution in [0.3, 0.4) is 0 Å². The van der Waals surface area contributed by atoms with Gasteiger partial charge in [0.05, 0.1) is 22.0 Å². The minimum Gasteiger partial charge on any atom is -0.384 e. The molecular formula is C20H25Cl2N5O4S. The predicted octanol–water partition coefficient (Wildman–Crippen LogP) is 1.29. The topological polar surface area (TPSA) is 143 Å². The normalized spacial score (nSPS) is 13.2. The summed E-state index contributed by atoms with van der Waals surface area (Å²) in [6.07, 6.45) is 2.74. The van der Waals surface area contributed by atoms with E-state index in [1.807, 2.05) is 0 Å². The van der Waals surface area contributed by atoms with Crippen LogP contribution >= 0.6 is 23.2 Å². The van der Waals surface area contributed by atoms with Crippen molar-refractivity contribution in [3.05, 3.63) is 57.7 Å². The first-order chi connectivity index (χ1) is 14.9. The maximum atomic E-state index is 12.9. The fourth-order valence-electron chi connectivity index (χ4n) is 2.63. The van der Waals surface area contributed by atoms with Gasteiger partial charge in [-0.05, 0) is 36.2 Å². The first-order valence-corrected chi connectivity index (χ1v) is 12.4. The lowest BCUT2D eigenvalue weighted by atomic mass is 10.0. The number of nitrogens with two attached hydrogens (primary N) is 1. The predicted molar refractivity (Wildman–Crippen MR) is 125 cm³/mol. The quantitative estimate of drug-likeness (QED) is 0.383. The van der Waals surface area contributed by atoms with Crippen molar-refractivity contribution in [2.75, 3.05) is 17.9 Å². The van der Waals surface area contributed by atoms with Gasteiger partial charge in [-0.1, -0.05) is 35.3 Å². The summed E-state index contributed by atoms with van der Waals surface area (Å²) in [6.45, 7) is 1.69. The van der Waals surface area contributed by atoms with Crippen molar-refractivity contribution >= 4 is 50.7 Å². The number of halogens is 2. The number of sulfone groups is 1. The zero-order valence-electron chi connectivity index (χ0n) is 17.6. The van der Waals surface area contributed by atoms with Crippen molar-refractivity contribution in [3.63, 3.8) is 0 Å². The van der Waals surface area contributed by atoms with E-state index in [1.165, 1.54) is 6.92 Å². The molecule has 9 nitrogen and oxygen atoms in total. The molecule has 2 rings (SSSR count). The summed E-state index contributed by atoms with van der Waals surface area (Å²) in [7, 11) is -3.31. The molecule has 2 amide bonds. The Morgan fingerprint density at radius 1 is 1.09 bits per heavy atom. The molecule has 1 aromatic heterocycles. The molecule has 2 atom stereocenters. The molecule has 0 bridgehead atoms. The number of anilines is 1. The second kappa shape index (κ2) is 11.5. The monoisotopic (exact) mass is 501 g/mol. The van der Waals surface area contributed by atoms with Crippen molar-refractivity contribution in [3.8, 4) is 0 Å². The van der Waals surface area contributed by atoms with Gasteiger partial charge in [-0.2, -0.15) is 0 Å². The molecule has 0 aliphatic carbocycles. The number of aromatic nitrogens is 1. The average Bonchev–Trinajstić information content (AvgIpc) is 2.72. The summed E-state index contributed by atoms with van der Waals surface area (Å²) in [5.74, 6) is -0.963. The second-order valence-electron chi connectivity index (χ2n) is 7.32. The van der Waals surface area contributed by atoms with E-state index in [0.29, 0.717) is 21.4 Å². The summed E-state index contributed by atoms with van der Waals surface area (Å²) in [4.78, 5) is 29.4. The molecule has 1 aromatic carbocycles. The number of benzene rings is 1. The first kappa shape index (κ1) is 25.9. The van der Waals surface area contributed by atoms with Gasteiger partial charge in [-0.15, -0.1) is 0 Å². The number of rotatable bonds is 10. The highest BCUT2D eigenvalue weighted by molar-refractivity contribution is 7.90. The SMILES string of the molecule is C[C@@H](NCS(C)(=O)=O)C(=O)N[C@@H](Cc1ccc(Cl)c(Cl)c1)C(=O)NCc1ccc(N)nc1. The number of nitrogen functional groups attached to an aromatic ring is 1. The van der Waals surface area contributed by atoms with Gasteiger partial charge >= 0.3 is 0 Å². The zero-order chi connectivity index (χ0) is 23.9. The average molecular weight is 502 g/mol. The molecule has 5 N–H and O–H groups in total. The Balaban J connectivity index is 2.11. The molecule has 1 heterocycles. The maximum absolute atomic E-state index is 12.9. The fourth-order valence-corrected chi connectivity index (χ4v) is 3.50. The van der Waals surface area contributed by atoms with Crippen molar-refractivity contribution < 1.29 is 18.0 Å². The van der Waals surface area contributed by atoms with Gasteiger partial charge in [0.1, 0.15) is 11.9 Å². The van der Waals surface area contributed by atoms with Crippen LogP contribution in [-0.4, -0.2) is 49.4 Å². The van der Waals surface area contributed by atoms with Gasteiger partial charge in [0, 0.05) is 25.4 Å². The van der Waals surface area contributed by atoms with E-state index in [-0.39, 0.29) is 18.8 Å². The number of nitrogens with zero attached hydrogens (tertiary/aromatic N) is 1. The van der Waals surface area contributed by atoms with E-state index < -0.39 is 33.7 Å². The lowest BCUT2D eigenvalue weighted by molar-refractivity contribution is -0.129. The Morgan fingerprint density at radius 2 is 1.78 bits per heavy atom. The minimum absolute atomic E-state index is 0.146. The number of hydrogen-bond donors (Lipinski definition) is 4. The first-order valence-electron chi connectivity index (χ1n) is 9.58. The summed E-state index contributed by atoms with van der Waals surface area (Å²) < 4.78 is 22.7. The Morgan fingerprint density at radius 3 is 2.38 bits per heavy atom. The van der Waals surface area contributed by atoms with E-state index in [1.54, 1.807) is 36.5 Å². The molecule has 0 aliphatic rings. The van der Waals surface area contributed by atoms with Crippen LogP contribution in [0.15, 0.2) is 36.5 Å². The molecule has 0 radical (unpaired) electrons. The van der Waals surface area contributed by atoms with Crippen LogP contribution in [0.25, 0.3) is 0 Å². The summed E-state index contributed by atoms with van der Waals surface area (Å²) >= 11 is 12.0. The van der Waals surface area contributed by atoms with E-state index in [2.05, 4.69) is 20.9 Å². The van der Waals surface area contributed by atoms with Crippen LogP contribution in [0.2, 0.25) is 10.0 Å². The van der Waals surface area contributed by atoms with Crippen molar-refractivity contribution in [1.82, 2.24) is 20.9 Å². The summed E-state index contributed by atoms with van der Waals surface area (Å²) in [6, 6.07) is 6.49. The van der Waals surface area contributed by atoms with Crippen LogP contribution < -0.4 is 21.7 Å². The maximum Gasteiger partial charge on any atom is 0.243 e. The molecule has 32 heavy (non-hydrogen) atoms. The van der Waals surface area contributed by atoms with Gasteiger partial charge in [0.25, 0.3) is 0 Å². The van der Waals surface area contributed by atoms with Crippen molar-refractivity contribution in [2.45, 2.75) is 32.0 Å². The minimum atomic E-state index is -3.31. The Labute approximate surface area is 197 Å². The molecule has 0 fully saturated rings. The third-order valence-electron chi connectivity index (χ3n) is 4.42. The molecule has 0 saturated carbocycles. The number of amides is 2. The highest BCUT2D eigenvalue weighted by Crippen LogP contribution is 2.23. The van der Waals surface area contributed by atoms with Crippen LogP contribution in [0, 0.1) is 0 Å². The smallest absolute Gasteiger partial charge is 0.243 e. The van der Waals surface area contributed by atoms with Crippen molar-refractivity contribution in [2.24, 2.45) is 0 Å². The van der Waals surface area contributed by atoms with Gasteiger partial charge in [0.2, 0.25) is 11.8 Å². The largest absolute Gasteiger partial charge is 0.384 e. The van der Waals surface area contributed by atoms with Crippen LogP contribution in [-0.2, 0) is 32.4 Å². The van der Waals surface area contributed by atoms with E-state index in [0.717, 1.165) is 11.8 Å². The van der Waals surface area contributed by atoms with Crippen LogP contribution in [0.1, 0.15) is 18.1 Å². The second-order valence-corrected chi connectivity index (χ2v) is 10.3. The van der Waals surface area contributed by atoms with Gasteiger partial charge in [0.15, 0.2) is 9.84 Å². The number of carbonyl (C=O) groups excluding carboxylic acids is 2.